The fourth-order valence-electron chi connectivity index (χ4n) is 1.74. The Morgan fingerprint density at radius 1 is 1.35 bits per heavy atom. The summed E-state index contributed by atoms with van der Waals surface area (Å²) >= 11 is 0. The van der Waals surface area contributed by atoms with E-state index >= 15 is 0 Å². The van der Waals surface area contributed by atoms with Gasteiger partial charge in [-0.15, -0.1) is 6.58 Å². The van der Waals surface area contributed by atoms with E-state index in [-0.39, 0.29) is 5.91 Å². The molecule has 1 amide bonds. The molecule has 0 spiro atoms. The number of rotatable bonds is 5. The molecule has 102 valence electrons. The summed E-state index contributed by atoms with van der Waals surface area (Å²) in [5.41, 5.74) is 2.56. The van der Waals surface area contributed by atoms with Crippen molar-refractivity contribution in [3.8, 4) is 0 Å². The highest BCUT2D eigenvalue weighted by Crippen LogP contribution is 2.11. The van der Waals surface area contributed by atoms with Crippen molar-refractivity contribution in [3.05, 3.63) is 66.4 Å². The number of nitrogens with zero attached hydrogens (tertiary/aromatic N) is 1. The highest BCUT2D eigenvalue weighted by molar-refractivity contribution is 6.03. The number of nitrogens with one attached hydrogen (secondary N) is 2. The Labute approximate surface area is 118 Å². The number of pyridine rings is 1. The van der Waals surface area contributed by atoms with Crippen LogP contribution in [-0.4, -0.2) is 17.4 Å². The number of carbonyl (C=O) groups excluding carboxylic acids is 1. The molecular weight excluding hydrogens is 250 g/mol. The van der Waals surface area contributed by atoms with Gasteiger partial charge in [-0.2, -0.15) is 0 Å². The summed E-state index contributed by atoms with van der Waals surface area (Å²) in [7, 11) is 0. The number of amides is 1. The first kappa shape index (κ1) is 13.8. The molecule has 0 unspecified atom stereocenters. The molecule has 2 N–H and O–H groups in total. The maximum Gasteiger partial charge on any atom is 0.256 e. The van der Waals surface area contributed by atoms with Gasteiger partial charge in [0.25, 0.3) is 5.91 Å². The Kier molecular flexibility index (Phi) is 4.50. The van der Waals surface area contributed by atoms with Crippen molar-refractivity contribution in [1.82, 2.24) is 4.98 Å². The van der Waals surface area contributed by atoms with Gasteiger partial charge in [-0.3, -0.25) is 4.79 Å². The summed E-state index contributed by atoms with van der Waals surface area (Å²) in [5, 5.41) is 5.89. The molecular formula is C16H17N3O. The number of hydrogen-bond acceptors (Lipinski definition) is 3. The zero-order valence-corrected chi connectivity index (χ0v) is 11.4. The van der Waals surface area contributed by atoms with Crippen LogP contribution in [0, 0.1) is 6.92 Å². The van der Waals surface area contributed by atoms with Crippen LogP contribution in [0.5, 0.6) is 0 Å². The Morgan fingerprint density at radius 3 is 2.85 bits per heavy atom. The number of hydrogen-bond donors (Lipinski definition) is 2. The average molecular weight is 267 g/mol. The molecule has 20 heavy (non-hydrogen) atoms. The fraction of sp³-hybridized carbons (Fsp3) is 0.125. The molecule has 2 rings (SSSR count). The fourth-order valence-corrected chi connectivity index (χ4v) is 1.74. The Hall–Kier alpha value is -2.62. The van der Waals surface area contributed by atoms with Crippen molar-refractivity contribution in [2.24, 2.45) is 0 Å². The SMILES string of the molecule is C=CCNc1ccc(NC(=O)c2cccc(C)c2)nc1. The molecule has 0 radical (unpaired) electrons. The van der Waals surface area contributed by atoms with Gasteiger partial charge in [0.05, 0.1) is 11.9 Å². The van der Waals surface area contributed by atoms with Gasteiger partial charge in [0.15, 0.2) is 0 Å². The first-order valence-corrected chi connectivity index (χ1v) is 6.38. The van der Waals surface area contributed by atoms with Crippen LogP contribution in [0.1, 0.15) is 15.9 Å². The minimum Gasteiger partial charge on any atom is -0.380 e. The predicted molar refractivity (Wildman–Crippen MR) is 82.1 cm³/mol. The van der Waals surface area contributed by atoms with Crippen LogP contribution in [0.3, 0.4) is 0 Å². The minimum absolute atomic E-state index is 0.159. The summed E-state index contributed by atoms with van der Waals surface area (Å²) in [4.78, 5) is 16.2. The summed E-state index contributed by atoms with van der Waals surface area (Å²) in [5.74, 6) is 0.369. The summed E-state index contributed by atoms with van der Waals surface area (Å²) in [6.07, 6.45) is 3.45. The molecule has 0 saturated heterocycles. The molecule has 0 saturated carbocycles. The highest BCUT2D eigenvalue weighted by Gasteiger charge is 2.06. The standard InChI is InChI=1S/C16H17N3O/c1-3-9-17-14-7-8-15(18-11-14)19-16(20)13-6-4-5-12(2)10-13/h3-8,10-11,17H,1,9H2,2H3,(H,18,19,20). The molecule has 4 nitrogen and oxygen atoms in total. The van der Waals surface area contributed by atoms with Crippen LogP contribution in [0.15, 0.2) is 55.3 Å². The quantitative estimate of drug-likeness (QED) is 0.818. The lowest BCUT2D eigenvalue weighted by Crippen LogP contribution is -2.13. The van der Waals surface area contributed by atoms with Gasteiger partial charge < -0.3 is 10.6 Å². The number of aryl methyl sites for hydroxylation is 1. The molecule has 1 aromatic heterocycles. The van der Waals surface area contributed by atoms with Gasteiger partial charge in [0.2, 0.25) is 0 Å². The number of anilines is 2. The van der Waals surface area contributed by atoms with E-state index in [4.69, 9.17) is 0 Å². The maximum absolute atomic E-state index is 12.0. The van der Waals surface area contributed by atoms with Crippen molar-refractivity contribution in [2.45, 2.75) is 6.92 Å². The Morgan fingerprint density at radius 2 is 2.20 bits per heavy atom. The second kappa shape index (κ2) is 6.52. The van der Waals surface area contributed by atoms with Crippen LogP contribution in [-0.2, 0) is 0 Å². The van der Waals surface area contributed by atoms with E-state index in [0.717, 1.165) is 11.3 Å². The minimum atomic E-state index is -0.159. The topological polar surface area (TPSA) is 54.0 Å². The van der Waals surface area contributed by atoms with E-state index < -0.39 is 0 Å². The van der Waals surface area contributed by atoms with Gasteiger partial charge in [-0.1, -0.05) is 23.8 Å². The number of aromatic nitrogens is 1. The van der Waals surface area contributed by atoms with E-state index in [1.165, 1.54) is 0 Å². The van der Waals surface area contributed by atoms with Crippen molar-refractivity contribution in [1.29, 1.82) is 0 Å². The van der Waals surface area contributed by atoms with E-state index in [2.05, 4.69) is 22.2 Å². The van der Waals surface area contributed by atoms with Gasteiger partial charge in [-0.25, -0.2) is 4.98 Å². The first-order chi connectivity index (χ1) is 9.69. The van der Waals surface area contributed by atoms with Crippen molar-refractivity contribution >= 4 is 17.4 Å². The zero-order chi connectivity index (χ0) is 14.4. The van der Waals surface area contributed by atoms with E-state index in [9.17, 15) is 4.79 Å². The van der Waals surface area contributed by atoms with E-state index in [0.29, 0.717) is 17.9 Å². The average Bonchev–Trinajstić information content (AvgIpc) is 2.46. The molecule has 0 aliphatic carbocycles. The van der Waals surface area contributed by atoms with Crippen LogP contribution in [0.2, 0.25) is 0 Å². The number of carbonyl (C=O) groups is 1. The third kappa shape index (κ3) is 3.68. The van der Waals surface area contributed by atoms with Crippen LogP contribution in [0.4, 0.5) is 11.5 Å². The molecule has 0 aliphatic rings. The van der Waals surface area contributed by atoms with Gasteiger partial charge in [0, 0.05) is 12.1 Å². The lowest BCUT2D eigenvalue weighted by atomic mass is 10.1. The molecule has 0 atom stereocenters. The molecule has 4 heteroatoms. The first-order valence-electron chi connectivity index (χ1n) is 6.38. The van der Waals surface area contributed by atoms with Gasteiger partial charge in [-0.05, 0) is 31.2 Å². The molecule has 0 bridgehead atoms. The normalized spacial score (nSPS) is 9.85. The van der Waals surface area contributed by atoms with E-state index in [1.54, 1.807) is 24.4 Å². The summed E-state index contributed by atoms with van der Waals surface area (Å²) in [6.45, 7) is 6.26. The van der Waals surface area contributed by atoms with Crippen LogP contribution < -0.4 is 10.6 Å². The second-order valence-electron chi connectivity index (χ2n) is 4.43. The predicted octanol–water partition coefficient (Wildman–Crippen LogP) is 3.24. The summed E-state index contributed by atoms with van der Waals surface area (Å²) in [6, 6.07) is 11.1. The molecule has 0 fully saturated rings. The summed E-state index contributed by atoms with van der Waals surface area (Å²) < 4.78 is 0. The van der Waals surface area contributed by atoms with Gasteiger partial charge in [0.1, 0.15) is 5.82 Å². The third-order valence-corrected chi connectivity index (χ3v) is 2.74. The number of benzene rings is 1. The lowest BCUT2D eigenvalue weighted by molar-refractivity contribution is 0.102. The smallest absolute Gasteiger partial charge is 0.256 e. The third-order valence-electron chi connectivity index (χ3n) is 2.74. The van der Waals surface area contributed by atoms with Crippen LogP contribution >= 0.6 is 0 Å². The maximum atomic E-state index is 12.0. The Balaban J connectivity index is 2.02. The second-order valence-corrected chi connectivity index (χ2v) is 4.43. The van der Waals surface area contributed by atoms with Crippen LogP contribution in [0.25, 0.3) is 0 Å². The largest absolute Gasteiger partial charge is 0.380 e. The molecule has 1 heterocycles. The molecule has 1 aromatic carbocycles. The van der Waals surface area contributed by atoms with E-state index in [1.807, 2.05) is 31.2 Å². The zero-order valence-electron chi connectivity index (χ0n) is 11.4. The highest BCUT2D eigenvalue weighted by atomic mass is 16.1. The van der Waals surface area contributed by atoms with Crippen molar-refractivity contribution in [3.63, 3.8) is 0 Å². The van der Waals surface area contributed by atoms with Gasteiger partial charge >= 0.3 is 0 Å². The molecule has 0 aliphatic heterocycles. The monoisotopic (exact) mass is 267 g/mol. The van der Waals surface area contributed by atoms with Crippen molar-refractivity contribution in [2.75, 3.05) is 17.2 Å². The lowest BCUT2D eigenvalue weighted by Gasteiger charge is -2.07. The Bertz CT molecular complexity index is 605. The molecule has 2 aromatic rings. The van der Waals surface area contributed by atoms with Crippen molar-refractivity contribution < 1.29 is 4.79 Å².